The predicted octanol–water partition coefficient (Wildman–Crippen LogP) is 3.42. The highest BCUT2D eigenvalue weighted by Crippen LogP contribution is 2.33. The highest BCUT2D eigenvalue weighted by atomic mass is 19.4. The van der Waals surface area contributed by atoms with E-state index in [0.717, 1.165) is 11.6 Å². The second kappa shape index (κ2) is 5.26. The average Bonchev–Trinajstić information content (AvgIpc) is 2.37. The molecule has 0 fully saturated rings. The lowest BCUT2D eigenvalue weighted by molar-refractivity contribution is -0.138. The lowest BCUT2D eigenvalue weighted by Crippen LogP contribution is -2.09. The van der Waals surface area contributed by atoms with Crippen LogP contribution in [0.5, 0.6) is 0 Å². The topological polar surface area (TPSA) is 37.8 Å². The first-order valence-corrected chi connectivity index (χ1v) is 5.62. The Morgan fingerprint density at radius 2 is 1.84 bits per heavy atom. The van der Waals surface area contributed by atoms with Crippen LogP contribution in [0, 0.1) is 6.92 Å². The molecule has 0 aliphatic heterocycles. The molecule has 0 atom stereocenters. The monoisotopic (exact) mass is 267 g/mol. The molecule has 0 unspecified atom stereocenters. The molecule has 3 nitrogen and oxygen atoms in total. The predicted molar refractivity (Wildman–Crippen MR) is 65.5 cm³/mol. The Bertz CT molecular complexity index is 553. The van der Waals surface area contributed by atoms with Crippen LogP contribution >= 0.6 is 0 Å². The number of hydrogen-bond donors (Lipinski definition) is 1. The zero-order chi connectivity index (χ0) is 13.9. The first-order valence-electron chi connectivity index (χ1n) is 5.62. The standard InChI is InChI=1S/C13H12F3N3/c1-9-2-3-11(4-12(9)13(14,15)16)19-7-10-5-17-8-18-6-10/h2-6,8,19H,7H2,1H3. The summed E-state index contributed by atoms with van der Waals surface area (Å²) in [5, 5.41) is 2.92. The van der Waals surface area contributed by atoms with Crippen molar-refractivity contribution in [2.45, 2.75) is 19.6 Å². The average molecular weight is 267 g/mol. The quantitative estimate of drug-likeness (QED) is 0.926. The molecular weight excluding hydrogens is 255 g/mol. The zero-order valence-electron chi connectivity index (χ0n) is 10.2. The largest absolute Gasteiger partial charge is 0.416 e. The molecule has 19 heavy (non-hydrogen) atoms. The summed E-state index contributed by atoms with van der Waals surface area (Å²) in [7, 11) is 0. The molecule has 0 saturated carbocycles. The molecule has 0 radical (unpaired) electrons. The van der Waals surface area contributed by atoms with Crippen molar-refractivity contribution < 1.29 is 13.2 Å². The Kier molecular flexibility index (Phi) is 3.69. The molecular formula is C13H12F3N3. The van der Waals surface area contributed by atoms with Gasteiger partial charge in [-0.3, -0.25) is 0 Å². The number of halogens is 3. The van der Waals surface area contributed by atoms with E-state index < -0.39 is 11.7 Å². The Morgan fingerprint density at radius 1 is 1.16 bits per heavy atom. The molecule has 1 N–H and O–H groups in total. The molecule has 0 bridgehead atoms. The minimum Gasteiger partial charge on any atom is -0.381 e. The number of nitrogens with zero attached hydrogens (tertiary/aromatic N) is 2. The van der Waals surface area contributed by atoms with Crippen molar-refractivity contribution >= 4 is 5.69 Å². The van der Waals surface area contributed by atoms with E-state index in [1.165, 1.54) is 19.3 Å². The number of hydrogen-bond acceptors (Lipinski definition) is 3. The van der Waals surface area contributed by atoms with Gasteiger partial charge in [-0.25, -0.2) is 9.97 Å². The molecule has 1 aromatic carbocycles. The fourth-order valence-corrected chi connectivity index (χ4v) is 1.66. The third-order valence-corrected chi connectivity index (χ3v) is 2.65. The van der Waals surface area contributed by atoms with Crippen molar-refractivity contribution in [2.75, 3.05) is 5.32 Å². The number of aryl methyl sites for hydroxylation is 1. The summed E-state index contributed by atoms with van der Waals surface area (Å²) >= 11 is 0. The normalized spacial score (nSPS) is 11.4. The number of aromatic nitrogens is 2. The van der Waals surface area contributed by atoms with E-state index in [9.17, 15) is 13.2 Å². The summed E-state index contributed by atoms with van der Waals surface area (Å²) in [6.07, 6.45) is 0.284. The number of rotatable bonds is 3. The van der Waals surface area contributed by atoms with Crippen molar-refractivity contribution in [2.24, 2.45) is 0 Å². The molecule has 0 spiro atoms. The van der Waals surface area contributed by atoms with E-state index in [4.69, 9.17) is 0 Å². The molecule has 0 amide bonds. The second-order valence-corrected chi connectivity index (χ2v) is 4.13. The summed E-state index contributed by atoms with van der Waals surface area (Å²) in [6.45, 7) is 1.82. The molecule has 1 heterocycles. The second-order valence-electron chi connectivity index (χ2n) is 4.13. The third-order valence-electron chi connectivity index (χ3n) is 2.65. The molecule has 6 heteroatoms. The van der Waals surface area contributed by atoms with Gasteiger partial charge in [-0.2, -0.15) is 13.2 Å². The SMILES string of the molecule is Cc1ccc(NCc2cncnc2)cc1C(F)(F)F. The van der Waals surface area contributed by atoms with Gasteiger partial charge in [0.15, 0.2) is 0 Å². The zero-order valence-corrected chi connectivity index (χ0v) is 10.2. The summed E-state index contributed by atoms with van der Waals surface area (Å²) in [6, 6.07) is 4.18. The summed E-state index contributed by atoms with van der Waals surface area (Å²) in [4.78, 5) is 7.67. The molecule has 2 rings (SSSR count). The van der Waals surface area contributed by atoms with Crippen molar-refractivity contribution in [1.29, 1.82) is 0 Å². The first kappa shape index (κ1) is 13.3. The Morgan fingerprint density at radius 3 is 2.47 bits per heavy atom. The van der Waals surface area contributed by atoms with Crippen LogP contribution in [-0.2, 0) is 12.7 Å². The molecule has 1 aromatic heterocycles. The smallest absolute Gasteiger partial charge is 0.381 e. The van der Waals surface area contributed by atoms with Crippen LogP contribution in [0.15, 0.2) is 36.9 Å². The van der Waals surface area contributed by atoms with E-state index in [1.807, 2.05) is 0 Å². The van der Waals surface area contributed by atoms with Crippen molar-refractivity contribution in [1.82, 2.24) is 9.97 Å². The maximum absolute atomic E-state index is 12.7. The van der Waals surface area contributed by atoms with Crippen LogP contribution in [0.2, 0.25) is 0 Å². The van der Waals surface area contributed by atoms with Crippen LogP contribution < -0.4 is 5.32 Å². The van der Waals surface area contributed by atoms with Crippen LogP contribution in [-0.4, -0.2) is 9.97 Å². The van der Waals surface area contributed by atoms with E-state index in [-0.39, 0.29) is 5.56 Å². The lowest BCUT2D eigenvalue weighted by atomic mass is 10.1. The number of nitrogens with one attached hydrogen (secondary N) is 1. The highest BCUT2D eigenvalue weighted by molar-refractivity contribution is 5.49. The van der Waals surface area contributed by atoms with Gasteiger partial charge in [0.25, 0.3) is 0 Å². The number of anilines is 1. The third kappa shape index (κ3) is 3.43. The minimum atomic E-state index is -4.34. The van der Waals surface area contributed by atoms with Gasteiger partial charge in [0.05, 0.1) is 5.56 Å². The van der Waals surface area contributed by atoms with E-state index >= 15 is 0 Å². The fourth-order valence-electron chi connectivity index (χ4n) is 1.66. The molecule has 0 saturated heterocycles. The van der Waals surface area contributed by atoms with Crippen LogP contribution in [0.3, 0.4) is 0 Å². The highest BCUT2D eigenvalue weighted by Gasteiger charge is 2.32. The minimum absolute atomic E-state index is 0.209. The first-order chi connectivity index (χ1) is 8.97. The van der Waals surface area contributed by atoms with Gasteiger partial charge in [0, 0.05) is 30.2 Å². The number of alkyl halides is 3. The van der Waals surface area contributed by atoms with Crippen LogP contribution in [0.4, 0.5) is 18.9 Å². The molecule has 0 aliphatic carbocycles. The van der Waals surface area contributed by atoms with E-state index in [1.54, 1.807) is 18.5 Å². The van der Waals surface area contributed by atoms with Gasteiger partial charge >= 0.3 is 6.18 Å². The molecule has 2 aromatic rings. The summed E-state index contributed by atoms with van der Waals surface area (Å²) < 4.78 is 38.2. The maximum Gasteiger partial charge on any atom is 0.416 e. The van der Waals surface area contributed by atoms with Gasteiger partial charge in [-0.15, -0.1) is 0 Å². The van der Waals surface area contributed by atoms with E-state index in [0.29, 0.717) is 12.2 Å². The lowest BCUT2D eigenvalue weighted by Gasteiger charge is -2.13. The van der Waals surface area contributed by atoms with Gasteiger partial charge < -0.3 is 5.32 Å². The van der Waals surface area contributed by atoms with Gasteiger partial charge in [0.2, 0.25) is 0 Å². The Labute approximate surface area is 108 Å². The summed E-state index contributed by atoms with van der Waals surface area (Å²) in [5.74, 6) is 0. The van der Waals surface area contributed by atoms with Gasteiger partial charge in [-0.05, 0) is 24.6 Å². The van der Waals surface area contributed by atoms with Gasteiger partial charge in [-0.1, -0.05) is 6.07 Å². The van der Waals surface area contributed by atoms with Crippen molar-refractivity contribution in [3.8, 4) is 0 Å². The van der Waals surface area contributed by atoms with Crippen molar-refractivity contribution in [3.05, 3.63) is 53.6 Å². The fraction of sp³-hybridized carbons (Fsp3) is 0.231. The van der Waals surface area contributed by atoms with E-state index in [2.05, 4.69) is 15.3 Å². The van der Waals surface area contributed by atoms with Crippen LogP contribution in [0.25, 0.3) is 0 Å². The Hall–Kier alpha value is -2.11. The number of benzene rings is 1. The molecule has 100 valence electrons. The van der Waals surface area contributed by atoms with Crippen LogP contribution in [0.1, 0.15) is 16.7 Å². The van der Waals surface area contributed by atoms with Crippen molar-refractivity contribution in [3.63, 3.8) is 0 Å². The van der Waals surface area contributed by atoms with Gasteiger partial charge in [0.1, 0.15) is 6.33 Å². The maximum atomic E-state index is 12.7. The Balaban J connectivity index is 2.14. The molecule has 0 aliphatic rings. The summed E-state index contributed by atoms with van der Waals surface area (Å²) in [5.41, 5.74) is 0.807.